The van der Waals surface area contributed by atoms with Gasteiger partial charge < -0.3 is 25.4 Å². The van der Waals surface area contributed by atoms with Crippen LogP contribution in [0, 0.1) is 0 Å². The van der Waals surface area contributed by atoms with Crippen molar-refractivity contribution in [3.63, 3.8) is 0 Å². The first-order valence-corrected chi connectivity index (χ1v) is 6.07. The van der Waals surface area contributed by atoms with E-state index in [9.17, 15) is 14.4 Å². The Balaban J connectivity index is 4.35. The molecule has 0 aliphatic carbocycles. The number of carboxylic acid groups (broad SMARTS) is 1. The number of aliphatic carboxylic acids is 1. The van der Waals surface area contributed by atoms with Gasteiger partial charge in [0.1, 0.15) is 12.6 Å². The highest BCUT2D eigenvalue weighted by atomic mass is 16.5. The van der Waals surface area contributed by atoms with E-state index in [0.29, 0.717) is 13.2 Å². The molecule has 0 rings (SSSR count). The van der Waals surface area contributed by atoms with Crippen molar-refractivity contribution in [2.45, 2.75) is 13.0 Å². The van der Waals surface area contributed by atoms with E-state index in [1.165, 1.54) is 20.1 Å². The molecule has 8 heteroatoms. The lowest BCUT2D eigenvalue weighted by atomic mass is 10.3. The average molecular weight is 287 g/mol. The van der Waals surface area contributed by atoms with Crippen LogP contribution >= 0.6 is 0 Å². The fourth-order valence-electron chi connectivity index (χ4n) is 1.31. The molecule has 3 N–H and O–H groups in total. The number of carbonyl (C=O) groups is 3. The largest absolute Gasteiger partial charge is 0.480 e. The van der Waals surface area contributed by atoms with Crippen LogP contribution in [-0.2, 0) is 14.3 Å². The Kier molecular flexibility index (Phi) is 8.77. The number of urea groups is 1. The van der Waals surface area contributed by atoms with Gasteiger partial charge in [0.25, 0.3) is 0 Å². The van der Waals surface area contributed by atoms with Crippen molar-refractivity contribution in [2.24, 2.45) is 0 Å². The van der Waals surface area contributed by atoms with Crippen molar-refractivity contribution < 1.29 is 24.2 Å². The zero-order valence-corrected chi connectivity index (χ0v) is 11.7. The van der Waals surface area contributed by atoms with Gasteiger partial charge in [0.05, 0.1) is 6.61 Å². The van der Waals surface area contributed by atoms with Gasteiger partial charge in [-0.3, -0.25) is 9.59 Å². The number of hydrogen-bond acceptors (Lipinski definition) is 4. The Morgan fingerprint density at radius 2 is 2.10 bits per heavy atom. The molecule has 1 atom stereocenters. The summed E-state index contributed by atoms with van der Waals surface area (Å²) in [7, 11) is 1.51. The molecule has 1 unspecified atom stereocenters. The molecule has 0 bridgehead atoms. The summed E-state index contributed by atoms with van der Waals surface area (Å²) in [5.74, 6) is -1.51. The van der Waals surface area contributed by atoms with Crippen LogP contribution in [0.5, 0.6) is 0 Å². The molecule has 20 heavy (non-hydrogen) atoms. The van der Waals surface area contributed by atoms with Crippen LogP contribution in [0.15, 0.2) is 12.7 Å². The van der Waals surface area contributed by atoms with Crippen LogP contribution in [0.3, 0.4) is 0 Å². The third-order valence-electron chi connectivity index (χ3n) is 2.30. The molecule has 0 aliphatic heterocycles. The van der Waals surface area contributed by atoms with Gasteiger partial charge in [0, 0.05) is 20.2 Å². The van der Waals surface area contributed by atoms with E-state index < -0.39 is 24.6 Å². The number of carbonyl (C=O) groups excluding carboxylic acids is 2. The van der Waals surface area contributed by atoms with Gasteiger partial charge in [0.2, 0.25) is 5.91 Å². The Morgan fingerprint density at radius 1 is 1.45 bits per heavy atom. The van der Waals surface area contributed by atoms with E-state index in [2.05, 4.69) is 17.2 Å². The lowest BCUT2D eigenvalue weighted by Crippen LogP contribution is -2.51. The van der Waals surface area contributed by atoms with Gasteiger partial charge >= 0.3 is 12.0 Å². The monoisotopic (exact) mass is 287 g/mol. The second kappa shape index (κ2) is 9.79. The number of hydrogen-bond donors (Lipinski definition) is 3. The highest BCUT2D eigenvalue weighted by molar-refractivity contribution is 5.87. The third kappa shape index (κ3) is 7.37. The Hall–Kier alpha value is -2.09. The number of methoxy groups -OCH3 is 1. The second-order valence-corrected chi connectivity index (χ2v) is 4.02. The standard InChI is InChI=1S/C12H21N3O5/c1-4-6-15(8-10(16)17)12(19)14-9(2)11(18)13-5-7-20-3/h4,9H,1,5-8H2,2-3H3,(H,13,18)(H,14,19)(H,16,17). The number of ether oxygens (including phenoxy) is 1. The van der Waals surface area contributed by atoms with Gasteiger partial charge in [-0.1, -0.05) is 6.08 Å². The van der Waals surface area contributed by atoms with Crippen LogP contribution in [0.25, 0.3) is 0 Å². The molecule has 0 aromatic carbocycles. The predicted octanol–water partition coefficient (Wildman–Crippen LogP) is -0.580. The summed E-state index contributed by atoms with van der Waals surface area (Å²) in [6.07, 6.45) is 1.41. The highest BCUT2D eigenvalue weighted by Gasteiger charge is 2.20. The molecule has 0 saturated heterocycles. The summed E-state index contributed by atoms with van der Waals surface area (Å²) >= 11 is 0. The van der Waals surface area contributed by atoms with Crippen molar-refractivity contribution >= 4 is 17.9 Å². The molecule has 0 saturated carbocycles. The molecule has 8 nitrogen and oxygen atoms in total. The smallest absolute Gasteiger partial charge is 0.323 e. The number of amides is 3. The lowest BCUT2D eigenvalue weighted by molar-refractivity contribution is -0.137. The molecule has 0 aliphatic rings. The Morgan fingerprint density at radius 3 is 2.60 bits per heavy atom. The molecule has 0 fully saturated rings. The van der Waals surface area contributed by atoms with Gasteiger partial charge in [-0.2, -0.15) is 0 Å². The minimum absolute atomic E-state index is 0.0795. The summed E-state index contributed by atoms with van der Waals surface area (Å²) in [4.78, 5) is 35.1. The van der Waals surface area contributed by atoms with Crippen LogP contribution in [0.1, 0.15) is 6.92 Å². The summed E-state index contributed by atoms with van der Waals surface area (Å²) < 4.78 is 4.78. The minimum atomic E-state index is -1.14. The molecular formula is C12H21N3O5. The van der Waals surface area contributed by atoms with Gasteiger partial charge in [-0.05, 0) is 6.92 Å². The zero-order valence-electron chi connectivity index (χ0n) is 11.7. The first-order valence-electron chi connectivity index (χ1n) is 6.07. The maximum absolute atomic E-state index is 11.8. The normalized spacial score (nSPS) is 11.3. The maximum Gasteiger partial charge on any atom is 0.323 e. The van der Waals surface area contributed by atoms with Crippen molar-refractivity contribution in [1.82, 2.24) is 15.5 Å². The van der Waals surface area contributed by atoms with E-state index in [0.717, 1.165) is 4.90 Å². The van der Waals surface area contributed by atoms with E-state index in [1.54, 1.807) is 0 Å². The maximum atomic E-state index is 11.8. The number of carboxylic acids is 1. The van der Waals surface area contributed by atoms with Gasteiger partial charge in [0.15, 0.2) is 0 Å². The fraction of sp³-hybridized carbons (Fsp3) is 0.583. The first kappa shape index (κ1) is 17.9. The first-order chi connectivity index (χ1) is 9.42. The summed E-state index contributed by atoms with van der Waals surface area (Å²) in [5.41, 5.74) is 0. The van der Waals surface area contributed by atoms with E-state index in [1.807, 2.05) is 0 Å². The van der Waals surface area contributed by atoms with E-state index in [4.69, 9.17) is 9.84 Å². The second-order valence-electron chi connectivity index (χ2n) is 4.02. The fourth-order valence-corrected chi connectivity index (χ4v) is 1.31. The van der Waals surface area contributed by atoms with E-state index in [-0.39, 0.29) is 12.5 Å². The van der Waals surface area contributed by atoms with E-state index >= 15 is 0 Å². The SMILES string of the molecule is C=CCN(CC(=O)O)C(=O)NC(C)C(=O)NCCOC. The van der Waals surface area contributed by atoms with Gasteiger partial charge in [-0.25, -0.2) is 4.79 Å². The molecule has 0 aromatic heterocycles. The summed E-state index contributed by atoms with van der Waals surface area (Å²) in [6.45, 7) is 5.27. The Labute approximate surface area is 117 Å². The molecule has 3 amide bonds. The molecule has 0 radical (unpaired) electrons. The lowest BCUT2D eigenvalue weighted by Gasteiger charge is -2.22. The number of nitrogens with zero attached hydrogens (tertiary/aromatic N) is 1. The molecular weight excluding hydrogens is 266 g/mol. The minimum Gasteiger partial charge on any atom is -0.480 e. The third-order valence-corrected chi connectivity index (χ3v) is 2.30. The molecule has 114 valence electrons. The topological polar surface area (TPSA) is 108 Å². The zero-order chi connectivity index (χ0) is 15.5. The van der Waals surface area contributed by atoms with Crippen LogP contribution in [0.2, 0.25) is 0 Å². The summed E-state index contributed by atoms with van der Waals surface area (Å²) in [5, 5.41) is 13.7. The quantitative estimate of drug-likeness (QED) is 0.388. The summed E-state index contributed by atoms with van der Waals surface area (Å²) in [6, 6.07) is -1.41. The average Bonchev–Trinajstić information content (AvgIpc) is 2.37. The molecule has 0 spiro atoms. The van der Waals surface area contributed by atoms with Crippen molar-refractivity contribution in [1.29, 1.82) is 0 Å². The number of nitrogens with one attached hydrogen (secondary N) is 2. The van der Waals surface area contributed by atoms with Crippen LogP contribution in [-0.4, -0.2) is 67.3 Å². The predicted molar refractivity (Wildman–Crippen MR) is 72.3 cm³/mol. The van der Waals surface area contributed by atoms with Crippen molar-refractivity contribution in [2.75, 3.05) is 33.4 Å². The Bertz CT molecular complexity index is 359. The van der Waals surface area contributed by atoms with Crippen LogP contribution < -0.4 is 10.6 Å². The van der Waals surface area contributed by atoms with Crippen molar-refractivity contribution in [3.05, 3.63) is 12.7 Å². The molecule has 0 heterocycles. The van der Waals surface area contributed by atoms with Gasteiger partial charge in [-0.15, -0.1) is 6.58 Å². The van der Waals surface area contributed by atoms with Crippen LogP contribution in [0.4, 0.5) is 4.79 Å². The van der Waals surface area contributed by atoms with Crippen molar-refractivity contribution in [3.8, 4) is 0 Å². The highest BCUT2D eigenvalue weighted by Crippen LogP contribution is 1.93. The molecule has 0 aromatic rings. The number of rotatable bonds is 9.